The topological polar surface area (TPSA) is 38.0 Å². The number of carbonyl (C=O) groups is 2. The van der Waals surface area contributed by atoms with Gasteiger partial charge in [0.2, 0.25) is 0 Å². The Bertz CT molecular complexity index is 614. The van der Waals surface area contributed by atoms with Crippen LogP contribution in [0.2, 0.25) is 0 Å². The van der Waals surface area contributed by atoms with Gasteiger partial charge in [-0.15, -0.1) is 24.0 Å². The summed E-state index contributed by atoms with van der Waals surface area (Å²) in [7, 11) is 1.90. The second-order valence-corrected chi connectivity index (χ2v) is 4.50. The Kier molecular flexibility index (Phi) is 3.80. The van der Waals surface area contributed by atoms with Crippen LogP contribution in [0.25, 0.3) is 0 Å². The third kappa shape index (κ3) is 2.20. The molecule has 0 radical (unpaired) electrons. The van der Waals surface area contributed by atoms with Gasteiger partial charge in [-0.2, -0.15) is 0 Å². The van der Waals surface area contributed by atoms with E-state index in [-0.39, 0.29) is 35.5 Å². The molecule has 1 aliphatic carbocycles. The van der Waals surface area contributed by atoms with Crippen LogP contribution in [-0.2, 0) is 7.05 Å². The SMILES string of the molecule is C[n+]1ccc(C2C(=O)c3ccccc3C2=O)cc1.I. The summed E-state index contributed by atoms with van der Waals surface area (Å²) >= 11 is 0. The molecule has 1 heterocycles. The number of Topliss-reactive ketones (excluding diaryl/α,β-unsaturated/α-hetero) is 2. The lowest BCUT2D eigenvalue weighted by molar-refractivity contribution is -0.671. The van der Waals surface area contributed by atoms with Crippen molar-refractivity contribution < 1.29 is 14.2 Å². The second-order valence-electron chi connectivity index (χ2n) is 4.50. The molecule has 0 saturated carbocycles. The lowest BCUT2D eigenvalue weighted by atomic mass is 9.95. The summed E-state index contributed by atoms with van der Waals surface area (Å²) in [6, 6.07) is 10.7. The highest BCUT2D eigenvalue weighted by molar-refractivity contribution is 14.0. The lowest BCUT2D eigenvalue weighted by Crippen LogP contribution is -2.27. The number of hydrogen-bond donors (Lipinski definition) is 0. The highest BCUT2D eigenvalue weighted by Crippen LogP contribution is 2.33. The Balaban J connectivity index is 0.00000133. The number of benzene rings is 1. The van der Waals surface area contributed by atoms with Crippen molar-refractivity contribution in [2.24, 2.45) is 7.05 Å². The Morgan fingerprint density at radius 2 is 1.37 bits per heavy atom. The molecule has 96 valence electrons. The number of aromatic nitrogens is 1. The summed E-state index contributed by atoms with van der Waals surface area (Å²) in [5, 5.41) is 0. The smallest absolute Gasteiger partial charge is 0.178 e. The molecular formula is C15H13INO2+. The van der Waals surface area contributed by atoms with Crippen molar-refractivity contribution in [3.05, 3.63) is 65.5 Å². The minimum Gasteiger partial charge on any atom is -0.293 e. The molecule has 0 unspecified atom stereocenters. The van der Waals surface area contributed by atoms with Crippen molar-refractivity contribution in [3.63, 3.8) is 0 Å². The first-order valence-corrected chi connectivity index (χ1v) is 5.81. The van der Waals surface area contributed by atoms with Crippen LogP contribution < -0.4 is 4.57 Å². The zero-order valence-corrected chi connectivity index (χ0v) is 12.7. The van der Waals surface area contributed by atoms with Gasteiger partial charge < -0.3 is 0 Å². The molecule has 0 spiro atoms. The molecule has 0 saturated heterocycles. The number of nitrogens with zero attached hydrogens (tertiary/aromatic N) is 1. The standard InChI is InChI=1S/C15H12NO2.HI/c1-16-8-6-10(7-9-16)13-14(17)11-4-2-3-5-12(11)15(13)18;/h2-9,13H,1H3;1H/q+1;. The second kappa shape index (κ2) is 5.21. The van der Waals surface area contributed by atoms with E-state index in [0.29, 0.717) is 11.1 Å². The highest BCUT2D eigenvalue weighted by Gasteiger charge is 2.39. The summed E-state index contributed by atoms with van der Waals surface area (Å²) in [5.74, 6) is -0.850. The van der Waals surface area contributed by atoms with Gasteiger partial charge in [-0.05, 0) is 5.56 Å². The van der Waals surface area contributed by atoms with Gasteiger partial charge in [-0.3, -0.25) is 9.59 Å². The molecule has 0 bridgehead atoms. The summed E-state index contributed by atoms with van der Waals surface area (Å²) in [5.41, 5.74) is 1.85. The molecule has 0 fully saturated rings. The number of carbonyl (C=O) groups excluding carboxylic acids is 2. The number of aryl methyl sites for hydroxylation is 1. The monoisotopic (exact) mass is 366 g/mol. The minimum atomic E-state index is -0.663. The molecule has 3 rings (SSSR count). The first kappa shape index (κ1) is 13.9. The maximum atomic E-state index is 12.3. The quantitative estimate of drug-likeness (QED) is 0.441. The molecule has 2 aromatic rings. The van der Waals surface area contributed by atoms with E-state index in [1.807, 2.05) is 36.1 Å². The minimum absolute atomic E-state index is 0. The van der Waals surface area contributed by atoms with E-state index in [1.165, 1.54) is 0 Å². The molecule has 0 aliphatic heterocycles. The van der Waals surface area contributed by atoms with Gasteiger partial charge >= 0.3 is 0 Å². The number of pyridine rings is 1. The van der Waals surface area contributed by atoms with Crippen molar-refractivity contribution in [1.82, 2.24) is 0 Å². The molecular weight excluding hydrogens is 353 g/mol. The average Bonchev–Trinajstić information content (AvgIpc) is 2.64. The molecule has 0 N–H and O–H groups in total. The number of ketones is 2. The van der Waals surface area contributed by atoms with Crippen LogP contribution in [0.15, 0.2) is 48.8 Å². The number of hydrogen-bond acceptors (Lipinski definition) is 2. The molecule has 1 aromatic heterocycles. The predicted molar refractivity (Wildman–Crippen MR) is 80.9 cm³/mol. The largest absolute Gasteiger partial charge is 0.293 e. The van der Waals surface area contributed by atoms with E-state index >= 15 is 0 Å². The maximum Gasteiger partial charge on any atom is 0.178 e. The zero-order chi connectivity index (χ0) is 12.7. The van der Waals surface area contributed by atoms with E-state index in [1.54, 1.807) is 24.3 Å². The van der Waals surface area contributed by atoms with Gasteiger partial charge in [-0.25, -0.2) is 4.57 Å². The molecule has 19 heavy (non-hydrogen) atoms. The lowest BCUT2D eigenvalue weighted by Gasteiger charge is -2.05. The van der Waals surface area contributed by atoms with Gasteiger partial charge in [-0.1, -0.05) is 24.3 Å². The first-order chi connectivity index (χ1) is 8.68. The molecule has 4 heteroatoms. The van der Waals surface area contributed by atoms with Crippen LogP contribution in [0.1, 0.15) is 32.2 Å². The van der Waals surface area contributed by atoms with Crippen LogP contribution >= 0.6 is 24.0 Å². The van der Waals surface area contributed by atoms with Crippen LogP contribution in [0.5, 0.6) is 0 Å². The van der Waals surface area contributed by atoms with Crippen LogP contribution in [0.4, 0.5) is 0 Å². The van der Waals surface area contributed by atoms with E-state index in [9.17, 15) is 9.59 Å². The molecule has 1 aliphatic rings. The fourth-order valence-corrected chi connectivity index (χ4v) is 2.35. The third-order valence-corrected chi connectivity index (χ3v) is 3.32. The fourth-order valence-electron chi connectivity index (χ4n) is 2.35. The first-order valence-electron chi connectivity index (χ1n) is 5.81. The van der Waals surface area contributed by atoms with E-state index < -0.39 is 5.92 Å². The number of fused-ring (bicyclic) bond motifs is 1. The maximum absolute atomic E-state index is 12.3. The van der Waals surface area contributed by atoms with Crippen LogP contribution in [-0.4, -0.2) is 11.6 Å². The Hall–Kier alpha value is -1.56. The van der Waals surface area contributed by atoms with Crippen LogP contribution in [0.3, 0.4) is 0 Å². The van der Waals surface area contributed by atoms with E-state index in [0.717, 1.165) is 5.56 Å². The zero-order valence-electron chi connectivity index (χ0n) is 10.4. The molecule has 1 aromatic carbocycles. The summed E-state index contributed by atoms with van der Waals surface area (Å²) in [6.07, 6.45) is 3.69. The van der Waals surface area contributed by atoms with Crippen molar-refractivity contribution in [1.29, 1.82) is 0 Å². The van der Waals surface area contributed by atoms with Gasteiger partial charge in [0.05, 0.1) is 0 Å². The van der Waals surface area contributed by atoms with Crippen molar-refractivity contribution in [2.75, 3.05) is 0 Å². The van der Waals surface area contributed by atoms with Crippen molar-refractivity contribution >= 4 is 35.5 Å². The molecule has 3 nitrogen and oxygen atoms in total. The van der Waals surface area contributed by atoms with Gasteiger partial charge in [0.25, 0.3) is 0 Å². The van der Waals surface area contributed by atoms with Crippen molar-refractivity contribution in [2.45, 2.75) is 5.92 Å². The van der Waals surface area contributed by atoms with Gasteiger partial charge in [0.1, 0.15) is 13.0 Å². The Labute approximate surface area is 128 Å². The fraction of sp³-hybridized carbons (Fsp3) is 0.133. The average molecular weight is 366 g/mol. The number of halogens is 1. The highest BCUT2D eigenvalue weighted by atomic mass is 127. The summed E-state index contributed by atoms with van der Waals surface area (Å²) in [4.78, 5) is 24.5. The Morgan fingerprint density at radius 3 is 1.84 bits per heavy atom. The van der Waals surface area contributed by atoms with E-state index in [4.69, 9.17) is 0 Å². The van der Waals surface area contributed by atoms with Gasteiger partial charge in [0, 0.05) is 23.3 Å². The van der Waals surface area contributed by atoms with Crippen LogP contribution in [0, 0.1) is 0 Å². The normalized spacial score (nSPS) is 14.2. The Morgan fingerprint density at radius 1 is 0.895 bits per heavy atom. The molecule has 0 amide bonds. The summed E-state index contributed by atoms with van der Waals surface area (Å²) in [6.45, 7) is 0. The van der Waals surface area contributed by atoms with Crippen molar-refractivity contribution in [3.8, 4) is 0 Å². The number of rotatable bonds is 1. The van der Waals surface area contributed by atoms with E-state index in [2.05, 4.69) is 0 Å². The molecule has 0 atom stereocenters. The summed E-state index contributed by atoms with van der Waals surface area (Å²) < 4.78 is 1.88. The third-order valence-electron chi connectivity index (χ3n) is 3.32. The van der Waals surface area contributed by atoms with Gasteiger partial charge in [0.15, 0.2) is 24.0 Å². The predicted octanol–water partition coefficient (Wildman–Crippen LogP) is 2.29.